The number of carbonyl (C=O) groups is 1. The van der Waals surface area contributed by atoms with Crippen molar-refractivity contribution < 1.29 is 9.90 Å². The molecular weight excluding hydrogens is 276 g/mol. The van der Waals surface area contributed by atoms with E-state index in [0.29, 0.717) is 17.7 Å². The molecule has 6 unspecified atom stereocenters. The summed E-state index contributed by atoms with van der Waals surface area (Å²) in [6.45, 7) is 0. The predicted octanol–water partition coefficient (Wildman–Crippen LogP) is 1.30. The van der Waals surface area contributed by atoms with E-state index in [4.69, 9.17) is 5.73 Å². The van der Waals surface area contributed by atoms with Crippen LogP contribution in [0.4, 0.5) is 0 Å². The van der Waals surface area contributed by atoms with Crippen molar-refractivity contribution in [1.29, 1.82) is 0 Å². The van der Waals surface area contributed by atoms with E-state index in [9.17, 15) is 9.90 Å². The van der Waals surface area contributed by atoms with Crippen LogP contribution in [0.15, 0.2) is 0 Å². The second-order valence-electron chi connectivity index (χ2n) is 7.19. The lowest BCUT2D eigenvalue weighted by molar-refractivity contribution is -0.144. The number of halogens is 1. The smallest absolute Gasteiger partial charge is 0.228 e. The summed E-state index contributed by atoms with van der Waals surface area (Å²) in [4.78, 5) is 15.1. The number of nitrogens with two attached hydrogens (primary N) is 1. The van der Waals surface area contributed by atoms with Gasteiger partial charge in [0.25, 0.3) is 0 Å². The summed E-state index contributed by atoms with van der Waals surface area (Å²) >= 11 is 0. The molecule has 4 rings (SSSR count). The third-order valence-electron chi connectivity index (χ3n) is 6.23. The topological polar surface area (TPSA) is 66.6 Å². The van der Waals surface area contributed by atoms with Gasteiger partial charge in [-0.2, -0.15) is 0 Å². The first-order valence-corrected chi connectivity index (χ1v) is 7.91. The third-order valence-corrected chi connectivity index (χ3v) is 6.23. The van der Waals surface area contributed by atoms with Crippen molar-refractivity contribution in [3.8, 4) is 0 Å². The summed E-state index contributed by atoms with van der Waals surface area (Å²) in [7, 11) is 0. The van der Waals surface area contributed by atoms with Gasteiger partial charge in [0.2, 0.25) is 5.91 Å². The van der Waals surface area contributed by atoms with Crippen LogP contribution in [-0.2, 0) is 4.79 Å². The molecule has 6 atom stereocenters. The number of aliphatic hydroxyl groups is 1. The van der Waals surface area contributed by atoms with Gasteiger partial charge in [0.1, 0.15) is 0 Å². The first kappa shape index (κ1) is 14.6. The van der Waals surface area contributed by atoms with Crippen LogP contribution in [0.3, 0.4) is 0 Å². The average molecular weight is 301 g/mol. The molecule has 2 saturated heterocycles. The molecule has 20 heavy (non-hydrogen) atoms. The number of hydrogen-bond acceptors (Lipinski definition) is 3. The first-order chi connectivity index (χ1) is 9.15. The number of piperidine rings is 1. The van der Waals surface area contributed by atoms with E-state index in [-0.39, 0.29) is 42.6 Å². The molecule has 0 aromatic carbocycles. The standard InChI is InChI=1S/C15H24N2O2.ClH/c16-14-9-2-1-8(5-9)13(14)15(19)17-10-3-4-11(17)7-12(18)6-10;/h8-14,18H,1-7,16H2;1H. The first-order valence-electron chi connectivity index (χ1n) is 7.91. The molecule has 4 aliphatic rings. The van der Waals surface area contributed by atoms with Gasteiger partial charge in [-0.15, -0.1) is 12.4 Å². The van der Waals surface area contributed by atoms with Gasteiger partial charge in [-0.05, 0) is 56.8 Å². The molecular formula is C15H25ClN2O2. The summed E-state index contributed by atoms with van der Waals surface area (Å²) in [5.74, 6) is 1.53. The Hall–Kier alpha value is -0.320. The minimum Gasteiger partial charge on any atom is -0.393 e. The molecule has 3 N–H and O–H groups in total. The molecule has 0 aromatic rings. The van der Waals surface area contributed by atoms with Gasteiger partial charge in [0.05, 0.1) is 12.0 Å². The van der Waals surface area contributed by atoms with Crippen LogP contribution in [0, 0.1) is 17.8 Å². The molecule has 0 aromatic heterocycles. The number of carbonyl (C=O) groups excluding carboxylic acids is 1. The van der Waals surface area contributed by atoms with Crippen molar-refractivity contribution in [2.45, 2.75) is 69.2 Å². The van der Waals surface area contributed by atoms with Crippen LogP contribution in [0.1, 0.15) is 44.9 Å². The van der Waals surface area contributed by atoms with Crippen LogP contribution in [0.5, 0.6) is 0 Å². The molecule has 4 fully saturated rings. The molecule has 2 saturated carbocycles. The molecule has 1 amide bonds. The van der Waals surface area contributed by atoms with Gasteiger partial charge in [0, 0.05) is 18.1 Å². The van der Waals surface area contributed by atoms with Crippen molar-refractivity contribution in [3.63, 3.8) is 0 Å². The van der Waals surface area contributed by atoms with Crippen LogP contribution >= 0.6 is 12.4 Å². The van der Waals surface area contributed by atoms with Gasteiger partial charge < -0.3 is 15.7 Å². The lowest BCUT2D eigenvalue weighted by Crippen LogP contribution is -2.54. The lowest BCUT2D eigenvalue weighted by atomic mass is 9.83. The number of rotatable bonds is 1. The summed E-state index contributed by atoms with van der Waals surface area (Å²) < 4.78 is 0. The van der Waals surface area contributed by atoms with Crippen molar-refractivity contribution in [3.05, 3.63) is 0 Å². The predicted molar refractivity (Wildman–Crippen MR) is 78.4 cm³/mol. The van der Waals surface area contributed by atoms with E-state index >= 15 is 0 Å². The maximum atomic E-state index is 12.9. The van der Waals surface area contributed by atoms with E-state index < -0.39 is 0 Å². The second kappa shape index (κ2) is 5.15. The van der Waals surface area contributed by atoms with Crippen molar-refractivity contribution in [2.24, 2.45) is 23.5 Å². The van der Waals surface area contributed by atoms with E-state index in [1.165, 1.54) is 19.3 Å². The van der Waals surface area contributed by atoms with Crippen molar-refractivity contribution in [2.75, 3.05) is 0 Å². The molecule has 0 radical (unpaired) electrons. The quantitative estimate of drug-likeness (QED) is 0.767. The van der Waals surface area contributed by atoms with Crippen LogP contribution < -0.4 is 5.73 Å². The molecule has 2 heterocycles. The number of amides is 1. The lowest BCUT2D eigenvalue weighted by Gasteiger charge is -2.41. The monoisotopic (exact) mass is 300 g/mol. The fraction of sp³-hybridized carbons (Fsp3) is 0.933. The summed E-state index contributed by atoms with van der Waals surface area (Å²) in [5, 5.41) is 9.85. The van der Waals surface area contributed by atoms with Gasteiger partial charge in [-0.3, -0.25) is 4.79 Å². The van der Waals surface area contributed by atoms with Crippen molar-refractivity contribution in [1.82, 2.24) is 4.90 Å². The minimum atomic E-state index is -0.199. The van der Waals surface area contributed by atoms with Gasteiger partial charge in [-0.25, -0.2) is 0 Å². The summed E-state index contributed by atoms with van der Waals surface area (Å²) in [6.07, 6.45) is 7.09. The molecule has 4 bridgehead atoms. The van der Waals surface area contributed by atoms with Gasteiger partial charge >= 0.3 is 0 Å². The van der Waals surface area contributed by atoms with E-state index in [1.54, 1.807) is 0 Å². The Bertz CT molecular complexity index is 389. The maximum absolute atomic E-state index is 12.9. The Morgan fingerprint density at radius 2 is 1.60 bits per heavy atom. The molecule has 0 spiro atoms. The van der Waals surface area contributed by atoms with E-state index in [0.717, 1.165) is 25.7 Å². The molecule has 5 heteroatoms. The Balaban J connectivity index is 0.00000121. The Kier molecular flexibility index (Phi) is 3.76. The fourth-order valence-corrected chi connectivity index (χ4v) is 5.38. The average Bonchev–Trinajstić information content (AvgIpc) is 3.01. The van der Waals surface area contributed by atoms with Crippen LogP contribution in [0.25, 0.3) is 0 Å². The minimum absolute atomic E-state index is 0. The van der Waals surface area contributed by atoms with Gasteiger partial charge in [0.15, 0.2) is 0 Å². The van der Waals surface area contributed by atoms with E-state index in [1.807, 2.05) is 0 Å². The van der Waals surface area contributed by atoms with Crippen LogP contribution in [0.2, 0.25) is 0 Å². The number of aliphatic hydroxyl groups excluding tert-OH is 1. The normalized spacial score (nSPS) is 49.3. The van der Waals surface area contributed by atoms with Crippen LogP contribution in [-0.4, -0.2) is 40.1 Å². The molecule has 2 aliphatic carbocycles. The Labute approximate surface area is 126 Å². The third kappa shape index (κ3) is 1.99. The Morgan fingerprint density at radius 3 is 2.15 bits per heavy atom. The SMILES string of the molecule is Cl.NC1C2CCC(C2)C1C(=O)N1C2CCC1CC(O)C2. The summed E-state index contributed by atoms with van der Waals surface area (Å²) in [5.41, 5.74) is 6.31. The number of fused-ring (bicyclic) bond motifs is 4. The molecule has 4 nitrogen and oxygen atoms in total. The number of nitrogens with zero attached hydrogens (tertiary/aromatic N) is 1. The highest BCUT2D eigenvalue weighted by molar-refractivity contribution is 5.85. The Morgan fingerprint density at radius 1 is 1.00 bits per heavy atom. The zero-order valence-corrected chi connectivity index (χ0v) is 12.6. The van der Waals surface area contributed by atoms with Crippen molar-refractivity contribution >= 4 is 18.3 Å². The van der Waals surface area contributed by atoms with E-state index in [2.05, 4.69) is 4.90 Å². The molecule has 114 valence electrons. The largest absolute Gasteiger partial charge is 0.393 e. The zero-order valence-electron chi connectivity index (χ0n) is 11.8. The highest BCUT2D eigenvalue weighted by atomic mass is 35.5. The number of hydrogen-bond donors (Lipinski definition) is 2. The maximum Gasteiger partial charge on any atom is 0.228 e. The highest BCUT2D eigenvalue weighted by Crippen LogP contribution is 2.49. The summed E-state index contributed by atoms with van der Waals surface area (Å²) in [6, 6.07) is 0.664. The molecule has 2 aliphatic heterocycles. The van der Waals surface area contributed by atoms with Gasteiger partial charge in [-0.1, -0.05) is 0 Å². The zero-order chi connectivity index (χ0) is 13.1. The second-order valence-corrected chi connectivity index (χ2v) is 7.19. The highest BCUT2D eigenvalue weighted by Gasteiger charge is 2.53. The fourth-order valence-electron chi connectivity index (χ4n) is 5.38.